The lowest BCUT2D eigenvalue weighted by Gasteiger charge is -2.11. The second-order valence-corrected chi connectivity index (χ2v) is 7.67. The smallest absolute Gasteiger partial charge is 0.291 e. The molecular weight excluding hydrogens is 410 g/mol. The van der Waals surface area contributed by atoms with Crippen LogP contribution in [0.3, 0.4) is 0 Å². The van der Waals surface area contributed by atoms with Crippen LogP contribution in [0.5, 0.6) is 5.75 Å². The highest BCUT2D eigenvalue weighted by molar-refractivity contribution is 6.30. The first-order chi connectivity index (χ1) is 15.1. The fraction of sp³-hybridized carbons (Fsp3) is 0.115. The van der Waals surface area contributed by atoms with Gasteiger partial charge in [-0.05, 0) is 54.4 Å². The quantitative estimate of drug-likeness (QED) is 0.355. The molecule has 0 bridgehead atoms. The molecule has 31 heavy (non-hydrogen) atoms. The highest BCUT2D eigenvalue weighted by Crippen LogP contribution is 2.27. The Morgan fingerprint density at radius 2 is 1.74 bits per heavy atom. The van der Waals surface area contributed by atoms with E-state index in [0.717, 1.165) is 28.1 Å². The molecule has 4 nitrogen and oxygen atoms in total. The third-order valence-electron chi connectivity index (χ3n) is 4.90. The molecular formula is C26H22ClNO3. The minimum atomic E-state index is -0.285. The maximum atomic E-state index is 12.6. The molecule has 0 unspecified atom stereocenters. The van der Waals surface area contributed by atoms with Crippen LogP contribution in [0.2, 0.25) is 5.02 Å². The molecule has 4 aromatic rings. The summed E-state index contributed by atoms with van der Waals surface area (Å²) in [5.74, 6) is 1.36. The van der Waals surface area contributed by atoms with Crippen LogP contribution in [-0.2, 0) is 13.0 Å². The Balaban J connectivity index is 1.47. The molecule has 0 aliphatic carbocycles. The number of benzene rings is 3. The molecule has 5 heteroatoms. The van der Waals surface area contributed by atoms with E-state index in [9.17, 15) is 4.79 Å². The fourth-order valence-corrected chi connectivity index (χ4v) is 3.44. The summed E-state index contributed by atoms with van der Waals surface area (Å²) in [4.78, 5) is 12.6. The van der Waals surface area contributed by atoms with Gasteiger partial charge in [0.05, 0.1) is 0 Å². The third-order valence-corrected chi connectivity index (χ3v) is 5.14. The number of amides is 1. The van der Waals surface area contributed by atoms with Crippen molar-refractivity contribution in [2.45, 2.75) is 20.0 Å². The van der Waals surface area contributed by atoms with Crippen molar-refractivity contribution < 1.29 is 13.9 Å². The van der Waals surface area contributed by atoms with Crippen molar-refractivity contribution in [3.63, 3.8) is 0 Å². The van der Waals surface area contributed by atoms with Crippen molar-refractivity contribution in [2.75, 3.05) is 5.32 Å². The molecule has 0 aliphatic rings. The number of aryl methyl sites for hydroxylation is 1. The van der Waals surface area contributed by atoms with E-state index in [-0.39, 0.29) is 11.7 Å². The van der Waals surface area contributed by atoms with Gasteiger partial charge >= 0.3 is 0 Å². The molecule has 0 fully saturated rings. The summed E-state index contributed by atoms with van der Waals surface area (Å²) < 4.78 is 11.8. The number of hydrogen-bond donors (Lipinski definition) is 1. The first-order valence-corrected chi connectivity index (χ1v) is 10.4. The number of carbonyl (C=O) groups is 1. The van der Waals surface area contributed by atoms with Crippen LogP contribution in [0.15, 0.2) is 89.3 Å². The molecule has 4 rings (SSSR count). The number of ether oxygens (including phenoxy) is 1. The second kappa shape index (κ2) is 9.54. The number of halogens is 1. The molecule has 0 saturated carbocycles. The monoisotopic (exact) mass is 431 g/mol. The highest BCUT2D eigenvalue weighted by Gasteiger charge is 2.14. The van der Waals surface area contributed by atoms with Crippen molar-refractivity contribution >= 4 is 23.2 Å². The highest BCUT2D eigenvalue weighted by atomic mass is 35.5. The first-order valence-electron chi connectivity index (χ1n) is 9.99. The van der Waals surface area contributed by atoms with Gasteiger partial charge in [0.2, 0.25) is 0 Å². The first kappa shape index (κ1) is 20.8. The van der Waals surface area contributed by atoms with E-state index < -0.39 is 0 Å². The summed E-state index contributed by atoms with van der Waals surface area (Å²) in [7, 11) is 0. The van der Waals surface area contributed by atoms with Crippen LogP contribution >= 0.6 is 11.6 Å². The van der Waals surface area contributed by atoms with Crippen molar-refractivity contribution in [1.82, 2.24) is 0 Å². The standard InChI is InChI=1S/C26H22ClNO3/c1-18-7-5-6-10-23(18)28-26(29)25-14-12-22(31-25)16-20-15-21(27)11-13-24(20)30-17-19-8-3-2-4-9-19/h2-15H,16-17H2,1H3,(H,28,29). The summed E-state index contributed by atoms with van der Waals surface area (Å²) in [6, 6.07) is 26.6. The van der Waals surface area contributed by atoms with E-state index in [1.165, 1.54) is 0 Å². The fourth-order valence-electron chi connectivity index (χ4n) is 3.24. The molecule has 0 spiro atoms. The number of nitrogens with one attached hydrogen (secondary N) is 1. The maximum Gasteiger partial charge on any atom is 0.291 e. The van der Waals surface area contributed by atoms with Crippen LogP contribution in [-0.4, -0.2) is 5.91 Å². The zero-order valence-corrected chi connectivity index (χ0v) is 17.9. The number of furan rings is 1. The molecule has 0 saturated heterocycles. The molecule has 0 aliphatic heterocycles. The van der Waals surface area contributed by atoms with Gasteiger partial charge in [0.1, 0.15) is 18.1 Å². The van der Waals surface area contributed by atoms with Gasteiger partial charge in [0.15, 0.2) is 5.76 Å². The van der Waals surface area contributed by atoms with Gasteiger partial charge in [-0.2, -0.15) is 0 Å². The molecule has 1 heterocycles. The summed E-state index contributed by atoms with van der Waals surface area (Å²) in [5, 5.41) is 3.50. The Labute approximate surface area is 186 Å². The van der Waals surface area contributed by atoms with Gasteiger partial charge in [0.25, 0.3) is 5.91 Å². The van der Waals surface area contributed by atoms with E-state index in [1.54, 1.807) is 18.2 Å². The van der Waals surface area contributed by atoms with Crippen LogP contribution in [0.25, 0.3) is 0 Å². The summed E-state index contributed by atoms with van der Waals surface area (Å²) in [5.41, 5.74) is 3.72. The number of para-hydroxylation sites is 1. The minimum absolute atomic E-state index is 0.257. The zero-order chi connectivity index (χ0) is 21.6. The molecule has 1 N–H and O–H groups in total. The zero-order valence-electron chi connectivity index (χ0n) is 17.1. The number of hydrogen-bond acceptors (Lipinski definition) is 3. The largest absolute Gasteiger partial charge is 0.489 e. The molecule has 1 aromatic heterocycles. The van der Waals surface area contributed by atoms with Crippen molar-refractivity contribution in [1.29, 1.82) is 0 Å². The van der Waals surface area contributed by atoms with Crippen molar-refractivity contribution in [3.05, 3.63) is 118 Å². The Hall–Kier alpha value is -3.50. The summed E-state index contributed by atoms with van der Waals surface area (Å²) in [6.45, 7) is 2.40. The molecule has 0 atom stereocenters. The third kappa shape index (κ3) is 5.36. The van der Waals surface area contributed by atoms with Gasteiger partial charge in [-0.25, -0.2) is 0 Å². The molecule has 0 radical (unpaired) electrons. The average molecular weight is 432 g/mol. The van der Waals surface area contributed by atoms with Crippen LogP contribution in [0.4, 0.5) is 5.69 Å². The van der Waals surface area contributed by atoms with E-state index in [1.807, 2.05) is 73.7 Å². The molecule has 3 aromatic carbocycles. The van der Waals surface area contributed by atoms with E-state index in [4.69, 9.17) is 20.8 Å². The number of anilines is 1. The number of carbonyl (C=O) groups excluding carboxylic acids is 1. The van der Waals surface area contributed by atoms with E-state index >= 15 is 0 Å². The van der Waals surface area contributed by atoms with Crippen molar-refractivity contribution in [3.8, 4) is 5.75 Å². The van der Waals surface area contributed by atoms with Gasteiger partial charge in [-0.1, -0.05) is 60.1 Å². The van der Waals surface area contributed by atoms with E-state index in [0.29, 0.717) is 23.8 Å². The van der Waals surface area contributed by atoms with Gasteiger partial charge in [0, 0.05) is 22.7 Å². The topological polar surface area (TPSA) is 51.5 Å². The molecule has 156 valence electrons. The lowest BCUT2D eigenvalue weighted by molar-refractivity contribution is 0.0995. The summed E-state index contributed by atoms with van der Waals surface area (Å²) >= 11 is 6.21. The lowest BCUT2D eigenvalue weighted by atomic mass is 10.1. The predicted molar refractivity (Wildman–Crippen MR) is 123 cm³/mol. The van der Waals surface area contributed by atoms with Crippen LogP contribution in [0, 0.1) is 6.92 Å². The number of rotatable bonds is 7. The van der Waals surface area contributed by atoms with Crippen molar-refractivity contribution in [2.24, 2.45) is 0 Å². The summed E-state index contributed by atoms with van der Waals surface area (Å²) in [6.07, 6.45) is 0.461. The Morgan fingerprint density at radius 3 is 2.55 bits per heavy atom. The molecule has 1 amide bonds. The maximum absolute atomic E-state index is 12.6. The Morgan fingerprint density at radius 1 is 0.968 bits per heavy atom. The SMILES string of the molecule is Cc1ccccc1NC(=O)c1ccc(Cc2cc(Cl)ccc2OCc2ccccc2)o1. The van der Waals surface area contributed by atoms with Gasteiger partial charge in [-0.3, -0.25) is 4.79 Å². The van der Waals surface area contributed by atoms with E-state index in [2.05, 4.69) is 5.32 Å². The van der Waals surface area contributed by atoms with Gasteiger partial charge < -0.3 is 14.5 Å². The second-order valence-electron chi connectivity index (χ2n) is 7.24. The Kier molecular flexibility index (Phi) is 6.39. The van der Waals surface area contributed by atoms with Crippen LogP contribution in [0.1, 0.15) is 33.0 Å². The average Bonchev–Trinajstić information content (AvgIpc) is 3.24. The normalized spacial score (nSPS) is 10.6. The van der Waals surface area contributed by atoms with Gasteiger partial charge in [-0.15, -0.1) is 0 Å². The minimum Gasteiger partial charge on any atom is -0.489 e. The predicted octanol–water partition coefficient (Wildman–Crippen LogP) is 6.66. The lowest BCUT2D eigenvalue weighted by Crippen LogP contribution is -2.11. The van der Waals surface area contributed by atoms with Crippen LogP contribution < -0.4 is 10.1 Å². The Bertz CT molecular complexity index is 1180.